The number of methoxy groups -OCH3 is 1. The van der Waals surface area contributed by atoms with E-state index in [0.717, 1.165) is 12.8 Å². The van der Waals surface area contributed by atoms with Crippen molar-refractivity contribution in [1.29, 1.82) is 0 Å². The van der Waals surface area contributed by atoms with Crippen molar-refractivity contribution >= 4 is 21.6 Å². The van der Waals surface area contributed by atoms with E-state index in [0.29, 0.717) is 30.4 Å². The average Bonchev–Trinajstić information content (AvgIpc) is 2.72. The minimum atomic E-state index is -3.90. The van der Waals surface area contributed by atoms with Crippen LogP contribution in [0.2, 0.25) is 0 Å². The minimum absolute atomic E-state index is 0.122. The maximum atomic E-state index is 13.3. The van der Waals surface area contributed by atoms with Gasteiger partial charge in [0.15, 0.2) is 0 Å². The van der Waals surface area contributed by atoms with E-state index in [-0.39, 0.29) is 17.3 Å². The lowest BCUT2D eigenvalue weighted by atomic mass is 10.0. The first kappa shape index (κ1) is 20.2. The third kappa shape index (κ3) is 4.47. The third-order valence-corrected chi connectivity index (χ3v) is 6.77. The normalized spacial score (nSPS) is 17.2. The van der Waals surface area contributed by atoms with Crippen LogP contribution in [0.4, 0.5) is 5.69 Å². The molecule has 1 heterocycles. The second kappa shape index (κ2) is 8.65. The van der Waals surface area contributed by atoms with Crippen LogP contribution in [0.1, 0.15) is 19.8 Å². The van der Waals surface area contributed by atoms with E-state index in [1.54, 1.807) is 41.3 Å². The van der Waals surface area contributed by atoms with Crippen molar-refractivity contribution < 1.29 is 17.9 Å². The molecule has 0 bridgehead atoms. The van der Waals surface area contributed by atoms with Crippen LogP contribution in [0.25, 0.3) is 0 Å². The van der Waals surface area contributed by atoms with Gasteiger partial charge in [0.05, 0.1) is 17.7 Å². The summed E-state index contributed by atoms with van der Waals surface area (Å²) in [5.41, 5.74) is 0.469. The topological polar surface area (TPSA) is 66.9 Å². The monoisotopic (exact) mass is 402 g/mol. The lowest BCUT2D eigenvalue weighted by Crippen LogP contribution is -2.46. The Labute approximate surface area is 166 Å². The summed E-state index contributed by atoms with van der Waals surface area (Å²) in [6.07, 6.45) is 2.04. The Balaban J connectivity index is 1.91. The molecule has 7 heteroatoms. The number of anilines is 1. The molecule has 0 spiro atoms. The van der Waals surface area contributed by atoms with Crippen LogP contribution in [0, 0.1) is 5.92 Å². The van der Waals surface area contributed by atoms with Crippen molar-refractivity contribution in [2.45, 2.75) is 24.7 Å². The highest BCUT2D eigenvalue weighted by Gasteiger charge is 2.30. The van der Waals surface area contributed by atoms with Crippen LogP contribution in [0.15, 0.2) is 59.5 Å². The Morgan fingerprint density at radius 2 is 1.82 bits per heavy atom. The molecule has 1 atom stereocenters. The SMILES string of the molecule is COc1ccc(S(=O)(=O)N(CC(=O)N2CCCC(C)C2)c2ccccc2)cc1. The number of likely N-dealkylation sites (tertiary alicyclic amines) is 1. The number of piperidine rings is 1. The zero-order valence-corrected chi connectivity index (χ0v) is 17.1. The van der Waals surface area contributed by atoms with Crippen LogP contribution in [-0.4, -0.2) is 46.0 Å². The zero-order chi connectivity index (χ0) is 20.1. The lowest BCUT2D eigenvalue weighted by Gasteiger charge is -2.33. The predicted octanol–water partition coefficient (Wildman–Crippen LogP) is 3.15. The molecule has 0 aliphatic carbocycles. The molecule has 28 heavy (non-hydrogen) atoms. The van der Waals surface area contributed by atoms with Gasteiger partial charge < -0.3 is 9.64 Å². The number of nitrogens with zero attached hydrogens (tertiary/aromatic N) is 2. The molecule has 1 amide bonds. The number of carbonyl (C=O) groups is 1. The number of hydrogen-bond donors (Lipinski definition) is 0. The summed E-state index contributed by atoms with van der Waals surface area (Å²) >= 11 is 0. The number of benzene rings is 2. The Hall–Kier alpha value is -2.54. The molecule has 0 aromatic heterocycles. The van der Waals surface area contributed by atoms with Crippen molar-refractivity contribution in [3.63, 3.8) is 0 Å². The van der Waals surface area contributed by atoms with Crippen LogP contribution >= 0.6 is 0 Å². The summed E-state index contributed by atoms with van der Waals surface area (Å²) in [6.45, 7) is 3.24. The molecule has 150 valence electrons. The molecule has 3 rings (SSSR count). The molecule has 0 saturated carbocycles. The maximum Gasteiger partial charge on any atom is 0.264 e. The maximum absolute atomic E-state index is 13.3. The fourth-order valence-electron chi connectivity index (χ4n) is 3.42. The van der Waals surface area contributed by atoms with E-state index in [4.69, 9.17) is 4.74 Å². The average molecular weight is 403 g/mol. The van der Waals surface area contributed by atoms with E-state index in [2.05, 4.69) is 6.92 Å². The van der Waals surface area contributed by atoms with Crippen molar-refractivity contribution in [3.8, 4) is 5.75 Å². The van der Waals surface area contributed by atoms with E-state index in [1.165, 1.54) is 23.5 Å². The summed E-state index contributed by atoms with van der Waals surface area (Å²) in [5, 5.41) is 0. The Morgan fingerprint density at radius 3 is 2.43 bits per heavy atom. The molecule has 1 fully saturated rings. The molecule has 0 radical (unpaired) electrons. The smallest absolute Gasteiger partial charge is 0.264 e. The molecule has 1 unspecified atom stereocenters. The van der Waals surface area contributed by atoms with Gasteiger partial charge in [-0.1, -0.05) is 25.1 Å². The van der Waals surface area contributed by atoms with E-state index < -0.39 is 10.0 Å². The van der Waals surface area contributed by atoms with Gasteiger partial charge in [-0.25, -0.2) is 8.42 Å². The first-order chi connectivity index (χ1) is 13.4. The van der Waals surface area contributed by atoms with Gasteiger partial charge in [-0.2, -0.15) is 0 Å². The van der Waals surface area contributed by atoms with Gasteiger partial charge in [0.1, 0.15) is 12.3 Å². The highest BCUT2D eigenvalue weighted by Crippen LogP contribution is 2.25. The van der Waals surface area contributed by atoms with Gasteiger partial charge in [-0.3, -0.25) is 9.10 Å². The van der Waals surface area contributed by atoms with Crippen molar-refractivity contribution in [2.75, 3.05) is 31.0 Å². The lowest BCUT2D eigenvalue weighted by molar-refractivity contribution is -0.131. The predicted molar refractivity (Wildman–Crippen MR) is 109 cm³/mol. The van der Waals surface area contributed by atoms with Crippen LogP contribution < -0.4 is 9.04 Å². The summed E-state index contributed by atoms with van der Waals surface area (Å²) in [6, 6.07) is 14.9. The fraction of sp³-hybridized carbons (Fsp3) is 0.381. The number of hydrogen-bond acceptors (Lipinski definition) is 4. The molecule has 1 saturated heterocycles. The Kier molecular flexibility index (Phi) is 6.24. The molecule has 1 aliphatic rings. The number of ether oxygens (including phenoxy) is 1. The summed E-state index contributed by atoms with van der Waals surface area (Å²) < 4.78 is 33.0. The second-order valence-electron chi connectivity index (χ2n) is 7.11. The zero-order valence-electron chi connectivity index (χ0n) is 16.2. The second-order valence-corrected chi connectivity index (χ2v) is 8.97. The van der Waals surface area contributed by atoms with Gasteiger partial charge in [0.2, 0.25) is 5.91 Å². The molecule has 0 N–H and O–H groups in total. The van der Waals surface area contributed by atoms with Gasteiger partial charge in [-0.05, 0) is 55.2 Å². The largest absolute Gasteiger partial charge is 0.497 e. The number of rotatable bonds is 6. The van der Waals surface area contributed by atoms with Crippen molar-refractivity contribution in [1.82, 2.24) is 4.90 Å². The van der Waals surface area contributed by atoms with Crippen LogP contribution in [0.5, 0.6) is 5.75 Å². The first-order valence-electron chi connectivity index (χ1n) is 9.41. The Morgan fingerprint density at radius 1 is 1.14 bits per heavy atom. The van der Waals surface area contributed by atoms with E-state index >= 15 is 0 Å². The van der Waals surface area contributed by atoms with E-state index in [1.807, 2.05) is 6.07 Å². The standard InChI is InChI=1S/C21H26N2O4S/c1-17-7-6-14-22(15-17)21(24)16-23(18-8-4-3-5-9-18)28(25,26)20-12-10-19(27-2)11-13-20/h3-5,8-13,17H,6-7,14-16H2,1-2H3. The van der Waals surface area contributed by atoms with E-state index in [9.17, 15) is 13.2 Å². The molecule has 6 nitrogen and oxygen atoms in total. The fourth-order valence-corrected chi connectivity index (χ4v) is 4.84. The van der Waals surface area contributed by atoms with Gasteiger partial charge in [0, 0.05) is 13.1 Å². The number of amides is 1. The van der Waals surface area contributed by atoms with Crippen LogP contribution in [0.3, 0.4) is 0 Å². The molecule has 2 aromatic rings. The molecular weight excluding hydrogens is 376 g/mol. The highest BCUT2D eigenvalue weighted by atomic mass is 32.2. The number of sulfonamides is 1. The van der Waals surface area contributed by atoms with Gasteiger partial charge in [0.25, 0.3) is 10.0 Å². The minimum Gasteiger partial charge on any atom is -0.497 e. The van der Waals surface area contributed by atoms with Crippen LogP contribution in [-0.2, 0) is 14.8 Å². The third-order valence-electron chi connectivity index (χ3n) is 4.98. The molecular formula is C21H26N2O4S. The van der Waals surface area contributed by atoms with Gasteiger partial charge in [-0.15, -0.1) is 0 Å². The molecule has 2 aromatic carbocycles. The summed E-state index contributed by atoms with van der Waals surface area (Å²) in [4.78, 5) is 14.8. The number of carbonyl (C=O) groups excluding carboxylic acids is 1. The highest BCUT2D eigenvalue weighted by molar-refractivity contribution is 7.92. The summed E-state index contributed by atoms with van der Waals surface area (Å²) in [7, 11) is -2.37. The van der Waals surface area contributed by atoms with Crippen molar-refractivity contribution in [2.24, 2.45) is 5.92 Å². The molecule has 1 aliphatic heterocycles. The first-order valence-corrected chi connectivity index (χ1v) is 10.9. The number of para-hydroxylation sites is 1. The van der Waals surface area contributed by atoms with Gasteiger partial charge >= 0.3 is 0 Å². The Bertz CT molecular complexity index is 898. The van der Waals surface area contributed by atoms with Crippen molar-refractivity contribution in [3.05, 3.63) is 54.6 Å². The summed E-state index contributed by atoms with van der Waals surface area (Å²) in [5.74, 6) is 0.831. The quantitative estimate of drug-likeness (QED) is 0.744.